The Kier molecular flexibility index (Phi) is 4.59. The Morgan fingerprint density at radius 3 is 2.44 bits per heavy atom. The van der Waals surface area contributed by atoms with Crippen molar-refractivity contribution in [1.82, 2.24) is 4.31 Å². The van der Waals surface area contributed by atoms with Gasteiger partial charge in [-0.15, -0.1) is 6.58 Å². The Balaban J connectivity index is 2.04. The second-order valence-electron chi connectivity index (χ2n) is 5.62. The van der Waals surface area contributed by atoms with Crippen molar-refractivity contribution >= 4 is 21.7 Å². The highest BCUT2D eigenvalue weighted by molar-refractivity contribution is 7.90. The van der Waals surface area contributed by atoms with Gasteiger partial charge in [0.05, 0.1) is 12.2 Å². The van der Waals surface area contributed by atoms with Crippen LogP contribution in [-0.2, 0) is 16.6 Å². The predicted molar refractivity (Wildman–Crippen MR) is 93.1 cm³/mol. The number of sulfonamides is 1. The number of carbonyl (C=O) groups is 1. The first kappa shape index (κ1) is 17.2. The number of carbonyl (C=O) groups excluding carboxylic acids is 1. The Hall–Kier alpha value is -2.67. The van der Waals surface area contributed by atoms with Gasteiger partial charge in [0, 0.05) is 6.54 Å². The van der Waals surface area contributed by atoms with Crippen LogP contribution in [0.2, 0.25) is 0 Å². The molecule has 0 N–H and O–H groups in total. The molecule has 0 bridgehead atoms. The van der Waals surface area contributed by atoms with E-state index in [9.17, 15) is 17.6 Å². The normalized spacial score (nSPS) is 15.8. The quantitative estimate of drug-likeness (QED) is 0.767. The average Bonchev–Trinajstić information content (AvgIpc) is 2.60. The summed E-state index contributed by atoms with van der Waals surface area (Å²) in [6, 6.07) is 11.2. The molecule has 0 saturated carbocycles. The van der Waals surface area contributed by atoms with Crippen LogP contribution in [0.3, 0.4) is 0 Å². The maximum absolute atomic E-state index is 13.1. The summed E-state index contributed by atoms with van der Waals surface area (Å²) in [6.07, 6.45) is 2.20. The number of anilines is 1. The molecule has 25 heavy (non-hydrogen) atoms. The van der Waals surface area contributed by atoms with Gasteiger partial charge in [-0.3, -0.25) is 4.90 Å². The van der Waals surface area contributed by atoms with Crippen LogP contribution in [0.1, 0.15) is 12.0 Å². The molecule has 1 heterocycles. The topological polar surface area (TPSA) is 57.7 Å². The first-order chi connectivity index (χ1) is 11.9. The lowest BCUT2D eigenvalue weighted by molar-refractivity contribution is 0.226. The number of hydrogen-bond acceptors (Lipinski definition) is 3. The van der Waals surface area contributed by atoms with Crippen molar-refractivity contribution in [3.8, 4) is 0 Å². The Morgan fingerprint density at radius 2 is 1.76 bits per heavy atom. The number of amides is 2. The number of fused-ring (bicyclic) bond motifs is 1. The van der Waals surface area contributed by atoms with Gasteiger partial charge in [-0.25, -0.2) is 21.9 Å². The third-order valence-electron chi connectivity index (χ3n) is 3.96. The molecule has 1 aliphatic rings. The molecule has 2 aromatic rings. The number of hydrogen-bond donors (Lipinski definition) is 0. The van der Waals surface area contributed by atoms with E-state index in [1.54, 1.807) is 24.3 Å². The van der Waals surface area contributed by atoms with Crippen molar-refractivity contribution in [2.45, 2.75) is 17.9 Å². The third-order valence-corrected chi connectivity index (χ3v) is 5.73. The zero-order valence-electron chi connectivity index (χ0n) is 13.4. The van der Waals surface area contributed by atoms with Gasteiger partial charge < -0.3 is 0 Å². The molecule has 0 atom stereocenters. The van der Waals surface area contributed by atoms with E-state index in [0.29, 0.717) is 24.2 Å². The number of nitrogens with zero attached hydrogens (tertiary/aromatic N) is 2. The van der Waals surface area contributed by atoms with Crippen LogP contribution in [-0.4, -0.2) is 25.3 Å². The summed E-state index contributed by atoms with van der Waals surface area (Å²) in [5.41, 5.74) is 0.895. The molecule has 0 radical (unpaired) electrons. The summed E-state index contributed by atoms with van der Waals surface area (Å²) in [5, 5.41) is 0. The van der Waals surface area contributed by atoms with E-state index < -0.39 is 21.9 Å². The number of halogens is 1. The van der Waals surface area contributed by atoms with Crippen molar-refractivity contribution in [3.05, 3.63) is 72.6 Å². The molecule has 130 valence electrons. The van der Waals surface area contributed by atoms with Gasteiger partial charge in [0.15, 0.2) is 0 Å². The van der Waals surface area contributed by atoms with Crippen LogP contribution in [0.4, 0.5) is 14.9 Å². The van der Waals surface area contributed by atoms with E-state index in [1.807, 2.05) is 0 Å². The van der Waals surface area contributed by atoms with E-state index in [2.05, 4.69) is 6.58 Å². The highest BCUT2D eigenvalue weighted by Crippen LogP contribution is 2.35. The minimum absolute atomic E-state index is 0.0840. The van der Waals surface area contributed by atoms with E-state index in [0.717, 1.165) is 4.31 Å². The smallest absolute Gasteiger partial charge is 0.292 e. The number of rotatable bonds is 5. The zero-order valence-corrected chi connectivity index (χ0v) is 14.2. The first-order valence-electron chi connectivity index (χ1n) is 7.74. The van der Waals surface area contributed by atoms with Gasteiger partial charge in [0.2, 0.25) is 0 Å². The Bertz CT molecular complexity index is 910. The van der Waals surface area contributed by atoms with E-state index in [4.69, 9.17) is 0 Å². The SMILES string of the molecule is C=CCCN1C(=O)N(Cc2ccc(F)cc2)S(=O)(=O)c2ccccc21. The summed E-state index contributed by atoms with van der Waals surface area (Å²) in [4.78, 5) is 14.4. The van der Waals surface area contributed by atoms with Gasteiger partial charge in [-0.2, -0.15) is 0 Å². The average molecular weight is 360 g/mol. The van der Waals surface area contributed by atoms with E-state index in [1.165, 1.54) is 35.2 Å². The minimum Gasteiger partial charge on any atom is -0.292 e. The first-order valence-corrected chi connectivity index (χ1v) is 9.18. The molecular formula is C18H17FN2O3S. The zero-order chi connectivity index (χ0) is 18.0. The summed E-state index contributed by atoms with van der Waals surface area (Å²) in [5.74, 6) is -0.422. The molecule has 7 heteroatoms. The lowest BCUT2D eigenvalue weighted by Crippen LogP contribution is -2.50. The predicted octanol–water partition coefficient (Wildman–Crippen LogP) is 3.53. The maximum Gasteiger partial charge on any atom is 0.338 e. The molecule has 0 spiro atoms. The third kappa shape index (κ3) is 3.15. The van der Waals surface area contributed by atoms with Crippen molar-refractivity contribution in [2.24, 2.45) is 0 Å². The number of benzene rings is 2. The van der Waals surface area contributed by atoms with Gasteiger partial charge in [0.25, 0.3) is 10.0 Å². The molecule has 0 fully saturated rings. The molecule has 2 amide bonds. The lowest BCUT2D eigenvalue weighted by atomic mass is 10.2. The molecule has 0 aromatic heterocycles. The summed E-state index contributed by atoms with van der Waals surface area (Å²) in [7, 11) is -3.98. The summed E-state index contributed by atoms with van der Waals surface area (Å²) in [6.45, 7) is 3.82. The standard InChI is InChI=1S/C18H17FN2O3S/c1-2-3-12-20-16-6-4-5-7-17(16)25(23,24)21(18(20)22)13-14-8-10-15(19)11-9-14/h2,4-11H,1,3,12-13H2. The second kappa shape index (κ2) is 6.68. The van der Waals surface area contributed by atoms with Crippen LogP contribution in [0.5, 0.6) is 0 Å². The number of para-hydroxylation sites is 1. The minimum atomic E-state index is -3.98. The molecule has 0 unspecified atom stereocenters. The molecule has 3 rings (SSSR count). The molecule has 5 nitrogen and oxygen atoms in total. The highest BCUT2D eigenvalue weighted by Gasteiger charge is 2.40. The van der Waals surface area contributed by atoms with Crippen molar-refractivity contribution in [2.75, 3.05) is 11.4 Å². The fourth-order valence-electron chi connectivity index (χ4n) is 2.70. The highest BCUT2D eigenvalue weighted by atomic mass is 32.2. The Labute approximate surface area is 146 Å². The van der Waals surface area contributed by atoms with E-state index >= 15 is 0 Å². The van der Waals surface area contributed by atoms with Crippen molar-refractivity contribution < 1.29 is 17.6 Å². The van der Waals surface area contributed by atoms with Gasteiger partial charge in [-0.05, 0) is 36.2 Å². The summed E-state index contributed by atoms with van der Waals surface area (Å²) >= 11 is 0. The van der Waals surface area contributed by atoms with Crippen molar-refractivity contribution in [3.63, 3.8) is 0 Å². The lowest BCUT2D eigenvalue weighted by Gasteiger charge is -2.36. The molecule has 1 aliphatic heterocycles. The molecular weight excluding hydrogens is 343 g/mol. The fraction of sp³-hybridized carbons (Fsp3) is 0.167. The van der Waals surface area contributed by atoms with Crippen LogP contribution < -0.4 is 4.90 Å². The maximum atomic E-state index is 13.1. The Morgan fingerprint density at radius 1 is 1.08 bits per heavy atom. The van der Waals surface area contributed by atoms with Crippen LogP contribution in [0.25, 0.3) is 0 Å². The molecule has 0 aliphatic carbocycles. The fourth-order valence-corrected chi connectivity index (χ4v) is 4.26. The van der Waals surface area contributed by atoms with Crippen molar-refractivity contribution in [1.29, 1.82) is 0 Å². The van der Waals surface area contributed by atoms with Crippen LogP contribution in [0, 0.1) is 5.82 Å². The molecule has 0 saturated heterocycles. The van der Waals surface area contributed by atoms with E-state index in [-0.39, 0.29) is 11.4 Å². The second-order valence-corrected chi connectivity index (χ2v) is 7.45. The van der Waals surface area contributed by atoms with Gasteiger partial charge >= 0.3 is 6.03 Å². The van der Waals surface area contributed by atoms with Crippen LogP contribution >= 0.6 is 0 Å². The van der Waals surface area contributed by atoms with Crippen LogP contribution in [0.15, 0.2) is 66.1 Å². The van der Waals surface area contributed by atoms with Gasteiger partial charge in [-0.1, -0.05) is 30.3 Å². The van der Waals surface area contributed by atoms with Gasteiger partial charge in [0.1, 0.15) is 10.7 Å². The summed E-state index contributed by atoms with van der Waals surface area (Å²) < 4.78 is 39.7. The largest absolute Gasteiger partial charge is 0.338 e. The number of urea groups is 1. The monoisotopic (exact) mass is 360 g/mol. The molecule has 2 aromatic carbocycles.